The lowest BCUT2D eigenvalue weighted by molar-refractivity contribution is -0.122. The number of nitrogens with one attached hydrogen (secondary N) is 1. The van der Waals surface area contributed by atoms with E-state index in [1.165, 1.54) is 48.5 Å². The molecule has 0 spiro atoms. The van der Waals surface area contributed by atoms with Crippen LogP contribution < -0.4 is 19.7 Å². The largest absolute Gasteiger partial charge is 0.490 e. The summed E-state index contributed by atoms with van der Waals surface area (Å²) in [5.41, 5.74) is -0.301. The number of urea groups is 1. The van der Waals surface area contributed by atoms with E-state index in [4.69, 9.17) is 19.0 Å². The predicted molar refractivity (Wildman–Crippen MR) is 123 cm³/mol. The van der Waals surface area contributed by atoms with Crippen molar-refractivity contribution in [1.82, 2.24) is 5.32 Å². The van der Waals surface area contributed by atoms with Crippen molar-refractivity contribution in [2.75, 3.05) is 11.5 Å². The molecule has 11 heteroatoms. The maximum Gasteiger partial charge on any atom is 0.371 e. The summed E-state index contributed by atoms with van der Waals surface area (Å²) in [5, 5.41) is 11.0. The SMILES string of the molecule is CCOc1cc(C=C2C(=O)NC(=O)N(c3ccccc3F)C2=O)ccc1OCc1ccc(C(=O)O)o1. The van der Waals surface area contributed by atoms with Gasteiger partial charge in [-0.25, -0.2) is 18.9 Å². The third-order valence-electron chi connectivity index (χ3n) is 5.02. The van der Waals surface area contributed by atoms with Crippen molar-refractivity contribution in [3.63, 3.8) is 0 Å². The van der Waals surface area contributed by atoms with Crippen LogP contribution >= 0.6 is 0 Å². The summed E-state index contributed by atoms with van der Waals surface area (Å²) in [4.78, 5) is 49.2. The van der Waals surface area contributed by atoms with Crippen molar-refractivity contribution in [3.05, 3.63) is 83.1 Å². The third kappa shape index (κ3) is 4.94. The summed E-state index contributed by atoms with van der Waals surface area (Å²) in [6.07, 6.45) is 1.25. The molecule has 10 nitrogen and oxygen atoms in total. The van der Waals surface area contributed by atoms with Gasteiger partial charge in [0.2, 0.25) is 5.76 Å². The van der Waals surface area contributed by atoms with Crippen molar-refractivity contribution in [2.24, 2.45) is 0 Å². The number of amides is 4. The lowest BCUT2D eigenvalue weighted by Crippen LogP contribution is -2.54. The molecule has 1 saturated heterocycles. The van der Waals surface area contributed by atoms with Crippen LogP contribution in [0.25, 0.3) is 6.08 Å². The first-order valence-electron chi connectivity index (χ1n) is 10.7. The number of carboxylic acids is 1. The van der Waals surface area contributed by atoms with Crippen LogP contribution in [0.3, 0.4) is 0 Å². The first kappa shape index (κ1) is 24.2. The molecule has 0 bridgehead atoms. The molecule has 36 heavy (non-hydrogen) atoms. The lowest BCUT2D eigenvalue weighted by Gasteiger charge is -2.26. The highest BCUT2D eigenvalue weighted by Gasteiger charge is 2.38. The van der Waals surface area contributed by atoms with Gasteiger partial charge in [0.15, 0.2) is 11.5 Å². The standard InChI is InChI=1S/C25H19FN2O8/c1-2-34-21-12-14(7-9-19(21)35-13-15-8-10-20(36-15)24(31)32)11-16-22(29)27-25(33)28(23(16)30)18-6-4-3-5-17(18)26/h3-12H,2,13H2,1H3,(H,31,32)(H,27,29,33). The van der Waals surface area contributed by atoms with Crippen LogP contribution in [0.1, 0.15) is 28.8 Å². The maximum atomic E-state index is 14.2. The minimum absolute atomic E-state index is 0.0750. The summed E-state index contributed by atoms with van der Waals surface area (Å²) >= 11 is 0. The van der Waals surface area contributed by atoms with Crippen molar-refractivity contribution in [2.45, 2.75) is 13.5 Å². The van der Waals surface area contributed by atoms with Gasteiger partial charge in [-0.2, -0.15) is 0 Å². The maximum absolute atomic E-state index is 14.2. The highest BCUT2D eigenvalue weighted by Crippen LogP contribution is 2.31. The summed E-state index contributed by atoms with van der Waals surface area (Å²) < 4.78 is 30.7. The Labute approximate surface area is 203 Å². The fourth-order valence-electron chi connectivity index (χ4n) is 3.40. The number of para-hydroxylation sites is 1. The second kappa shape index (κ2) is 10.1. The van der Waals surface area contributed by atoms with Gasteiger partial charge in [-0.05, 0) is 55.0 Å². The number of carbonyl (C=O) groups excluding carboxylic acids is 3. The number of ether oxygens (including phenoxy) is 2. The van der Waals surface area contributed by atoms with Crippen LogP contribution in [-0.4, -0.2) is 35.5 Å². The molecule has 4 rings (SSSR count). The minimum Gasteiger partial charge on any atom is -0.490 e. The average Bonchev–Trinajstić information content (AvgIpc) is 3.32. The monoisotopic (exact) mass is 494 g/mol. The van der Waals surface area contributed by atoms with Crippen LogP contribution in [-0.2, 0) is 16.2 Å². The topological polar surface area (TPSA) is 135 Å². The van der Waals surface area contributed by atoms with E-state index in [1.54, 1.807) is 13.0 Å². The van der Waals surface area contributed by atoms with E-state index in [2.05, 4.69) is 0 Å². The zero-order chi connectivity index (χ0) is 25.8. The van der Waals surface area contributed by atoms with E-state index in [9.17, 15) is 23.6 Å². The highest BCUT2D eigenvalue weighted by molar-refractivity contribution is 6.39. The third-order valence-corrected chi connectivity index (χ3v) is 5.02. The quantitative estimate of drug-likeness (QED) is 0.357. The van der Waals surface area contributed by atoms with Crippen molar-refractivity contribution >= 4 is 35.6 Å². The molecule has 3 aromatic rings. The van der Waals surface area contributed by atoms with E-state index in [0.29, 0.717) is 16.2 Å². The number of benzene rings is 2. The van der Waals surface area contributed by atoms with E-state index in [-0.39, 0.29) is 41.7 Å². The Hall–Kier alpha value is -4.93. The van der Waals surface area contributed by atoms with Gasteiger partial charge in [0.1, 0.15) is 23.8 Å². The summed E-state index contributed by atoms with van der Waals surface area (Å²) in [5.74, 6) is -3.28. The highest BCUT2D eigenvalue weighted by atomic mass is 19.1. The summed E-state index contributed by atoms with van der Waals surface area (Å²) in [6.45, 7) is 1.94. The van der Waals surface area contributed by atoms with Crippen LogP contribution in [0.5, 0.6) is 11.5 Å². The molecule has 4 amide bonds. The number of hydrogen-bond donors (Lipinski definition) is 2. The van der Waals surface area contributed by atoms with Gasteiger partial charge in [-0.1, -0.05) is 18.2 Å². The van der Waals surface area contributed by atoms with Crippen molar-refractivity contribution in [1.29, 1.82) is 0 Å². The predicted octanol–water partition coefficient (Wildman–Crippen LogP) is 3.76. The molecule has 2 aromatic carbocycles. The first-order chi connectivity index (χ1) is 17.3. The number of barbiturate groups is 1. The van der Waals surface area contributed by atoms with Crippen molar-refractivity contribution in [3.8, 4) is 11.5 Å². The number of anilines is 1. The van der Waals surface area contributed by atoms with Gasteiger partial charge >= 0.3 is 12.0 Å². The number of imide groups is 2. The minimum atomic E-state index is -1.20. The Balaban J connectivity index is 1.60. The molecule has 0 atom stereocenters. The molecule has 0 aliphatic carbocycles. The number of rotatable bonds is 8. The average molecular weight is 494 g/mol. The molecule has 0 radical (unpaired) electrons. The molecule has 0 unspecified atom stereocenters. The van der Waals surface area contributed by atoms with E-state index >= 15 is 0 Å². The molecule has 1 fully saturated rings. The molecule has 2 heterocycles. The van der Waals surface area contributed by atoms with Gasteiger partial charge < -0.3 is 19.0 Å². The molecule has 1 aliphatic heterocycles. The van der Waals surface area contributed by atoms with Gasteiger partial charge in [0.05, 0.1) is 12.3 Å². The zero-order valence-electron chi connectivity index (χ0n) is 18.8. The molecule has 2 N–H and O–H groups in total. The number of nitrogens with zero attached hydrogens (tertiary/aromatic N) is 1. The summed E-state index contributed by atoms with van der Waals surface area (Å²) in [6, 6.07) is 11.5. The van der Waals surface area contributed by atoms with Crippen LogP contribution in [0.15, 0.2) is 64.6 Å². The summed E-state index contributed by atoms with van der Waals surface area (Å²) in [7, 11) is 0. The van der Waals surface area contributed by atoms with Crippen LogP contribution in [0, 0.1) is 5.82 Å². The van der Waals surface area contributed by atoms with Gasteiger partial charge in [-0.15, -0.1) is 0 Å². The number of halogens is 1. The number of hydrogen-bond acceptors (Lipinski definition) is 7. The molecule has 1 aromatic heterocycles. The van der Waals surface area contributed by atoms with E-state index < -0.39 is 29.6 Å². The Morgan fingerprint density at radius 2 is 1.86 bits per heavy atom. The first-order valence-corrected chi connectivity index (χ1v) is 10.7. The van der Waals surface area contributed by atoms with E-state index in [0.717, 1.165) is 6.07 Å². The normalized spacial score (nSPS) is 14.7. The number of aromatic carboxylic acids is 1. The van der Waals surface area contributed by atoms with Gasteiger partial charge in [0.25, 0.3) is 11.8 Å². The molecular formula is C25H19FN2O8. The second-order valence-electron chi connectivity index (χ2n) is 7.41. The van der Waals surface area contributed by atoms with Gasteiger partial charge in [0, 0.05) is 0 Å². The Morgan fingerprint density at radius 3 is 2.56 bits per heavy atom. The fraction of sp³-hybridized carbons (Fsp3) is 0.120. The van der Waals surface area contributed by atoms with Crippen LogP contribution in [0.2, 0.25) is 0 Å². The Bertz CT molecular complexity index is 1390. The molecular weight excluding hydrogens is 475 g/mol. The second-order valence-corrected chi connectivity index (χ2v) is 7.41. The number of carbonyl (C=O) groups is 4. The zero-order valence-corrected chi connectivity index (χ0v) is 18.8. The van der Waals surface area contributed by atoms with E-state index in [1.807, 2.05) is 5.32 Å². The van der Waals surface area contributed by atoms with Gasteiger partial charge in [-0.3, -0.25) is 14.9 Å². The molecule has 1 aliphatic rings. The Morgan fingerprint density at radius 1 is 1.08 bits per heavy atom. The smallest absolute Gasteiger partial charge is 0.371 e. The number of carboxylic acid groups (broad SMARTS) is 1. The fourth-order valence-corrected chi connectivity index (χ4v) is 3.40. The molecule has 0 saturated carbocycles. The Kier molecular flexibility index (Phi) is 6.81. The molecule has 184 valence electrons. The number of furan rings is 1. The lowest BCUT2D eigenvalue weighted by atomic mass is 10.1. The van der Waals surface area contributed by atoms with Crippen molar-refractivity contribution < 1.29 is 42.6 Å². The van der Waals surface area contributed by atoms with Crippen LogP contribution in [0.4, 0.5) is 14.9 Å².